The minimum absolute atomic E-state index is 0.141. The van der Waals surface area contributed by atoms with Crippen molar-refractivity contribution in [2.24, 2.45) is 0 Å². The zero-order valence-corrected chi connectivity index (χ0v) is 15.3. The van der Waals surface area contributed by atoms with Gasteiger partial charge < -0.3 is 15.1 Å². The van der Waals surface area contributed by atoms with Gasteiger partial charge in [0.05, 0.1) is 5.56 Å². The number of likely N-dealkylation sites (N-methyl/N-ethyl adjacent to an activating group) is 1. The molecule has 0 aromatic carbocycles. The number of hydrogen-bond acceptors (Lipinski definition) is 4. The molecule has 132 valence electrons. The molecular formula is C19H30N4O. The van der Waals surface area contributed by atoms with E-state index in [1.165, 1.54) is 5.56 Å². The fraction of sp³-hybridized carbons (Fsp3) is 0.684. The third-order valence-corrected chi connectivity index (χ3v) is 5.05. The summed E-state index contributed by atoms with van der Waals surface area (Å²) in [5.74, 6) is 0.910. The number of aromatic nitrogens is 1. The molecule has 0 aliphatic carbocycles. The van der Waals surface area contributed by atoms with E-state index < -0.39 is 0 Å². The number of carbonyl (C=O) groups excluding carboxylic acids is 1. The van der Waals surface area contributed by atoms with Crippen LogP contribution in [0.25, 0.3) is 0 Å². The van der Waals surface area contributed by atoms with Gasteiger partial charge in [0.2, 0.25) is 0 Å². The number of nitrogens with one attached hydrogen (secondary N) is 1. The first-order valence-electron chi connectivity index (χ1n) is 9.39. The molecule has 1 aromatic rings. The molecule has 5 heteroatoms. The number of pyridine rings is 1. The predicted molar refractivity (Wildman–Crippen MR) is 97.7 cm³/mol. The molecule has 5 nitrogen and oxygen atoms in total. The maximum atomic E-state index is 13.0. The first-order valence-corrected chi connectivity index (χ1v) is 9.39. The molecular weight excluding hydrogens is 300 g/mol. The van der Waals surface area contributed by atoms with Crippen LogP contribution < -0.4 is 5.32 Å². The molecule has 1 N–H and O–H groups in total. The van der Waals surface area contributed by atoms with Gasteiger partial charge in [0.1, 0.15) is 5.82 Å². The number of amides is 1. The normalized spacial score (nSPS) is 18.6. The predicted octanol–water partition coefficient (Wildman–Crippen LogP) is 2.56. The minimum atomic E-state index is 0.141. The van der Waals surface area contributed by atoms with Gasteiger partial charge in [-0.3, -0.25) is 4.79 Å². The average Bonchev–Trinajstić information content (AvgIpc) is 3.02. The van der Waals surface area contributed by atoms with Crippen molar-refractivity contribution in [1.29, 1.82) is 0 Å². The molecule has 3 rings (SSSR count). The van der Waals surface area contributed by atoms with Gasteiger partial charge in [-0.2, -0.15) is 0 Å². The highest BCUT2D eigenvalue weighted by Crippen LogP contribution is 2.25. The third-order valence-electron chi connectivity index (χ3n) is 5.05. The standard InChI is InChI=1S/C19H30N4O/c1-4-22-11-7-15-13-16(19(24)23-9-5-6-10-23)18(20-14(2)3)21-17(15)8-12-22/h13-14H,4-12H2,1-3H3,(H,20,21). The molecule has 24 heavy (non-hydrogen) atoms. The van der Waals surface area contributed by atoms with E-state index in [2.05, 4.69) is 37.1 Å². The molecule has 1 saturated heterocycles. The number of likely N-dealkylation sites (tertiary alicyclic amines) is 1. The van der Waals surface area contributed by atoms with Crippen LogP contribution in [0, 0.1) is 0 Å². The number of anilines is 1. The topological polar surface area (TPSA) is 48.5 Å². The Morgan fingerprint density at radius 2 is 1.92 bits per heavy atom. The SMILES string of the molecule is CCN1CCc2cc(C(=O)N3CCCC3)c(NC(C)C)nc2CC1. The van der Waals surface area contributed by atoms with Gasteiger partial charge in [-0.25, -0.2) is 4.98 Å². The lowest BCUT2D eigenvalue weighted by Gasteiger charge is -2.21. The molecule has 1 fully saturated rings. The molecule has 0 saturated carbocycles. The van der Waals surface area contributed by atoms with Gasteiger partial charge in [0.25, 0.3) is 5.91 Å². The quantitative estimate of drug-likeness (QED) is 0.922. The number of hydrogen-bond donors (Lipinski definition) is 1. The summed E-state index contributed by atoms with van der Waals surface area (Å²) in [6.07, 6.45) is 4.18. The van der Waals surface area contributed by atoms with E-state index in [1.54, 1.807) is 0 Å². The first-order chi connectivity index (χ1) is 11.6. The summed E-state index contributed by atoms with van der Waals surface area (Å²) in [7, 11) is 0. The highest BCUT2D eigenvalue weighted by Gasteiger charge is 2.25. The van der Waals surface area contributed by atoms with Gasteiger partial charge in [-0.15, -0.1) is 0 Å². The minimum Gasteiger partial charge on any atom is -0.367 e. The molecule has 0 atom stereocenters. The highest BCUT2D eigenvalue weighted by molar-refractivity contribution is 5.99. The van der Waals surface area contributed by atoms with Crippen LogP contribution in [0.4, 0.5) is 5.82 Å². The maximum Gasteiger partial charge on any atom is 0.257 e. The summed E-state index contributed by atoms with van der Waals surface area (Å²) in [5, 5.41) is 3.40. The van der Waals surface area contributed by atoms with E-state index >= 15 is 0 Å². The van der Waals surface area contributed by atoms with Crippen molar-refractivity contribution in [3.05, 3.63) is 22.9 Å². The second-order valence-electron chi connectivity index (χ2n) is 7.22. The maximum absolute atomic E-state index is 13.0. The third kappa shape index (κ3) is 3.72. The summed E-state index contributed by atoms with van der Waals surface area (Å²) < 4.78 is 0. The number of carbonyl (C=O) groups is 1. The van der Waals surface area contributed by atoms with Gasteiger partial charge in [0, 0.05) is 44.3 Å². The molecule has 1 amide bonds. The summed E-state index contributed by atoms with van der Waals surface area (Å²) in [5.41, 5.74) is 3.17. The fourth-order valence-electron chi connectivity index (χ4n) is 3.63. The van der Waals surface area contributed by atoms with Crippen molar-refractivity contribution in [2.45, 2.75) is 52.5 Å². The Morgan fingerprint density at radius 3 is 2.58 bits per heavy atom. The van der Waals surface area contributed by atoms with Crippen molar-refractivity contribution < 1.29 is 4.79 Å². The number of nitrogens with zero attached hydrogens (tertiary/aromatic N) is 3. The van der Waals surface area contributed by atoms with E-state index in [0.717, 1.165) is 75.5 Å². The molecule has 2 aliphatic rings. The van der Waals surface area contributed by atoms with Crippen molar-refractivity contribution in [3.8, 4) is 0 Å². The second kappa shape index (κ2) is 7.51. The molecule has 3 heterocycles. The summed E-state index contributed by atoms with van der Waals surface area (Å²) in [6.45, 7) is 11.3. The second-order valence-corrected chi connectivity index (χ2v) is 7.22. The lowest BCUT2D eigenvalue weighted by Crippen LogP contribution is -2.29. The Bertz CT molecular complexity index is 593. The van der Waals surface area contributed by atoms with E-state index in [0.29, 0.717) is 0 Å². The molecule has 0 radical (unpaired) electrons. The highest BCUT2D eigenvalue weighted by atomic mass is 16.2. The fourth-order valence-corrected chi connectivity index (χ4v) is 3.63. The van der Waals surface area contributed by atoms with Crippen LogP contribution >= 0.6 is 0 Å². The van der Waals surface area contributed by atoms with E-state index in [1.807, 2.05) is 4.90 Å². The Morgan fingerprint density at radius 1 is 1.21 bits per heavy atom. The van der Waals surface area contributed by atoms with Gasteiger partial charge in [-0.1, -0.05) is 6.92 Å². The molecule has 1 aromatic heterocycles. The molecule has 0 spiro atoms. The van der Waals surface area contributed by atoms with Crippen molar-refractivity contribution in [2.75, 3.05) is 38.0 Å². The molecule has 0 unspecified atom stereocenters. The van der Waals surface area contributed by atoms with Crippen LogP contribution in [0.3, 0.4) is 0 Å². The summed E-state index contributed by atoms with van der Waals surface area (Å²) in [4.78, 5) is 22.3. The van der Waals surface area contributed by atoms with Gasteiger partial charge in [0.15, 0.2) is 0 Å². The van der Waals surface area contributed by atoms with Crippen LogP contribution in [0.15, 0.2) is 6.07 Å². The first kappa shape index (κ1) is 17.2. The Balaban J connectivity index is 1.94. The van der Waals surface area contributed by atoms with E-state index in [-0.39, 0.29) is 11.9 Å². The van der Waals surface area contributed by atoms with Crippen LogP contribution in [-0.4, -0.2) is 59.5 Å². The zero-order valence-electron chi connectivity index (χ0n) is 15.3. The Hall–Kier alpha value is -1.62. The molecule has 0 bridgehead atoms. The summed E-state index contributed by atoms with van der Waals surface area (Å²) in [6, 6.07) is 2.38. The zero-order chi connectivity index (χ0) is 17.1. The van der Waals surface area contributed by atoms with Crippen molar-refractivity contribution >= 4 is 11.7 Å². The Labute approximate surface area is 145 Å². The van der Waals surface area contributed by atoms with Gasteiger partial charge >= 0.3 is 0 Å². The van der Waals surface area contributed by atoms with Gasteiger partial charge in [-0.05, 0) is 51.3 Å². The van der Waals surface area contributed by atoms with Crippen molar-refractivity contribution in [1.82, 2.24) is 14.8 Å². The molecule has 2 aliphatic heterocycles. The van der Waals surface area contributed by atoms with E-state index in [9.17, 15) is 4.79 Å². The van der Waals surface area contributed by atoms with Crippen LogP contribution in [0.5, 0.6) is 0 Å². The van der Waals surface area contributed by atoms with Crippen LogP contribution in [0.1, 0.15) is 55.2 Å². The van der Waals surface area contributed by atoms with E-state index in [4.69, 9.17) is 4.98 Å². The van der Waals surface area contributed by atoms with Crippen LogP contribution in [-0.2, 0) is 12.8 Å². The van der Waals surface area contributed by atoms with Crippen LogP contribution in [0.2, 0.25) is 0 Å². The lowest BCUT2D eigenvalue weighted by atomic mass is 10.0. The van der Waals surface area contributed by atoms with Crippen molar-refractivity contribution in [3.63, 3.8) is 0 Å². The monoisotopic (exact) mass is 330 g/mol. The Kier molecular flexibility index (Phi) is 5.39. The average molecular weight is 330 g/mol. The smallest absolute Gasteiger partial charge is 0.257 e. The lowest BCUT2D eigenvalue weighted by molar-refractivity contribution is 0.0793. The largest absolute Gasteiger partial charge is 0.367 e. The number of rotatable bonds is 4. The number of fused-ring (bicyclic) bond motifs is 1. The summed E-state index contributed by atoms with van der Waals surface area (Å²) >= 11 is 0.